The second kappa shape index (κ2) is 7.07. The van der Waals surface area contributed by atoms with Gasteiger partial charge in [-0.25, -0.2) is 9.37 Å². The standard InChI is InChI=1S/C22H19FN4O3S/c1-27-9-16-14(21(27)29)6-7-18(25-16)26-20-15(19(24)28)8-17(31-20)12-2-4-13(5-3-12)22(23)10-30-11-22/h2-9,29H,10-11H2,1H3,(H2,24,28)(H,25,26). The minimum Gasteiger partial charge on any atom is -0.494 e. The van der Waals surface area contributed by atoms with Crippen LogP contribution in [0.5, 0.6) is 5.88 Å². The highest BCUT2D eigenvalue weighted by Crippen LogP contribution is 2.39. The zero-order valence-electron chi connectivity index (χ0n) is 16.6. The first-order valence-electron chi connectivity index (χ1n) is 9.57. The van der Waals surface area contributed by atoms with Crippen LogP contribution in [0.15, 0.2) is 48.7 Å². The fourth-order valence-corrected chi connectivity index (χ4v) is 4.65. The number of aromatic hydroxyl groups is 1. The Bertz CT molecular complexity index is 1310. The van der Waals surface area contributed by atoms with Crippen molar-refractivity contribution in [3.05, 3.63) is 59.8 Å². The lowest BCUT2D eigenvalue weighted by Gasteiger charge is -2.34. The van der Waals surface area contributed by atoms with E-state index in [1.807, 2.05) is 12.1 Å². The number of aryl methyl sites for hydroxylation is 1. The third kappa shape index (κ3) is 3.31. The first kappa shape index (κ1) is 19.5. The van der Waals surface area contributed by atoms with E-state index < -0.39 is 11.6 Å². The number of hydrogen-bond acceptors (Lipinski definition) is 6. The van der Waals surface area contributed by atoms with E-state index in [1.165, 1.54) is 11.3 Å². The van der Waals surface area contributed by atoms with Crippen LogP contribution in [0, 0.1) is 0 Å². The number of fused-ring (bicyclic) bond motifs is 1. The molecule has 1 aliphatic heterocycles. The Morgan fingerprint density at radius 3 is 2.68 bits per heavy atom. The zero-order chi connectivity index (χ0) is 21.8. The second-order valence-corrected chi connectivity index (χ2v) is 8.62. The summed E-state index contributed by atoms with van der Waals surface area (Å²) < 4.78 is 21.1. The van der Waals surface area contributed by atoms with Crippen molar-refractivity contribution >= 4 is 39.0 Å². The van der Waals surface area contributed by atoms with Crippen LogP contribution in [-0.2, 0) is 17.5 Å². The number of pyridine rings is 1. The summed E-state index contributed by atoms with van der Waals surface area (Å²) in [6, 6.07) is 12.3. The molecule has 0 saturated carbocycles. The number of alkyl halides is 1. The van der Waals surface area contributed by atoms with Crippen LogP contribution in [0.3, 0.4) is 0 Å². The number of anilines is 2. The van der Waals surface area contributed by atoms with Crippen LogP contribution in [0.4, 0.5) is 15.2 Å². The van der Waals surface area contributed by atoms with Gasteiger partial charge in [-0.15, -0.1) is 11.3 Å². The number of thiophene rings is 1. The molecule has 5 rings (SSSR count). The van der Waals surface area contributed by atoms with Gasteiger partial charge in [-0.05, 0) is 29.3 Å². The number of nitrogens with two attached hydrogens (primary N) is 1. The Kier molecular flexibility index (Phi) is 4.45. The number of carbonyl (C=O) groups excluding carboxylic acids is 1. The fraction of sp³-hybridized carbons (Fsp3) is 0.182. The minimum atomic E-state index is -1.42. The molecule has 0 unspecified atom stereocenters. The molecule has 4 heterocycles. The highest BCUT2D eigenvalue weighted by molar-refractivity contribution is 7.19. The predicted molar refractivity (Wildman–Crippen MR) is 118 cm³/mol. The average molecular weight is 438 g/mol. The lowest BCUT2D eigenvalue weighted by atomic mass is 9.93. The molecule has 158 valence electrons. The molecule has 7 nitrogen and oxygen atoms in total. The normalized spacial score (nSPS) is 15.0. The van der Waals surface area contributed by atoms with Crippen molar-refractivity contribution in [2.24, 2.45) is 12.8 Å². The van der Waals surface area contributed by atoms with E-state index >= 15 is 0 Å². The number of carbonyl (C=O) groups is 1. The van der Waals surface area contributed by atoms with Gasteiger partial charge in [0.15, 0.2) is 11.5 Å². The molecule has 1 saturated heterocycles. The van der Waals surface area contributed by atoms with Crippen LogP contribution >= 0.6 is 11.3 Å². The van der Waals surface area contributed by atoms with E-state index in [2.05, 4.69) is 10.3 Å². The number of nitrogens with zero attached hydrogens (tertiary/aromatic N) is 2. The Balaban J connectivity index is 1.46. The van der Waals surface area contributed by atoms with Gasteiger partial charge in [0.1, 0.15) is 10.8 Å². The summed E-state index contributed by atoms with van der Waals surface area (Å²) in [5.41, 5.74) is 6.56. The largest absolute Gasteiger partial charge is 0.494 e. The van der Waals surface area contributed by atoms with E-state index in [0.29, 0.717) is 32.8 Å². The number of amides is 1. The van der Waals surface area contributed by atoms with E-state index in [1.54, 1.807) is 48.1 Å². The highest BCUT2D eigenvalue weighted by Gasteiger charge is 2.40. The van der Waals surface area contributed by atoms with Crippen molar-refractivity contribution in [2.75, 3.05) is 18.5 Å². The molecule has 0 radical (unpaired) electrons. The Hall–Kier alpha value is -3.43. The van der Waals surface area contributed by atoms with E-state index in [4.69, 9.17) is 10.5 Å². The summed E-state index contributed by atoms with van der Waals surface area (Å²) in [7, 11) is 1.73. The Morgan fingerprint density at radius 1 is 1.29 bits per heavy atom. The predicted octanol–water partition coefficient (Wildman–Crippen LogP) is 4.04. The molecule has 1 fully saturated rings. The quantitative estimate of drug-likeness (QED) is 0.436. The smallest absolute Gasteiger partial charge is 0.251 e. The monoisotopic (exact) mass is 438 g/mol. The van der Waals surface area contributed by atoms with Crippen molar-refractivity contribution < 1.29 is 19.0 Å². The lowest BCUT2D eigenvalue weighted by Crippen LogP contribution is -2.42. The number of nitrogens with one attached hydrogen (secondary N) is 1. The Labute approximate surface area is 180 Å². The van der Waals surface area contributed by atoms with E-state index in [0.717, 1.165) is 10.4 Å². The topological polar surface area (TPSA) is 102 Å². The first-order valence-corrected chi connectivity index (χ1v) is 10.4. The van der Waals surface area contributed by atoms with Crippen LogP contribution in [0.2, 0.25) is 0 Å². The molecule has 1 aromatic carbocycles. The SMILES string of the molecule is Cn1cc2nc(Nc3sc(-c4ccc(C5(F)COC5)cc4)cc3C(N)=O)ccc2c1O. The molecule has 31 heavy (non-hydrogen) atoms. The maximum atomic E-state index is 14.5. The maximum absolute atomic E-state index is 14.5. The van der Waals surface area contributed by atoms with Crippen molar-refractivity contribution in [1.82, 2.24) is 9.55 Å². The van der Waals surface area contributed by atoms with Crippen molar-refractivity contribution in [3.63, 3.8) is 0 Å². The number of hydrogen-bond donors (Lipinski definition) is 3. The molecule has 1 amide bonds. The first-order chi connectivity index (χ1) is 14.8. The van der Waals surface area contributed by atoms with Gasteiger partial charge < -0.3 is 25.5 Å². The number of ether oxygens (including phenoxy) is 1. The molecule has 0 spiro atoms. The number of primary amides is 1. The van der Waals surface area contributed by atoms with Gasteiger partial charge in [-0.3, -0.25) is 4.79 Å². The number of rotatable bonds is 5. The van der Waals surface area contributed by atoms with Gasteiger partial charge in [0.25, 0.3) is 5.91 Å². The van der Waals surface area contributed by atoms with Gasteiger partial charge in [-0.1, -0.05) is 24.3 Å². The number of benzene rings is 1. The molecule has 0 atom stereocenters. The minimum absolute atomic E-state index is 0.0712. The second-order valence-electron chi connectivity index (χ2n) is 7.57. The molecule has 4 N–H and O–H groups in total. The van der Waals surface area contributed by atoms with Crippen molar-refractivity contribution in [1.29, 1.82) is 0 Å². The average Bonchev–Trinajstić information content (AvgIpc) is 3.27. The number of halogens is 1. The summed E-state index contributed by atoms with van der Waals surface area (Å²) in [5, 5.41) is 14.4. The van der Waals surface area contributed by atoms with Crippen LogP contribution in [-0.4, -0.2) is 33.8 Å². The van der Waals surface area contributed by atoms with Crippen molar-refractivity contribution in [3.8, 4) is 16.3 Å². The fourth-order valence-electron chi connectivity index (χ4n) is 3.57. The summed E-state index contributed by atoms with van der Waals surface area (Å²) in [5.74, 6) is 0.0975. The van der Waals surface area contributed by atoms with Crippen LogP contribution < -0.4 is 11.1 Å². The van der Waals surface area contributed by atoms with Gasteiger partial charge in [0, 0.05) is 18.1 Å². The van der Waals surface area contributed by atoms with E-state index in [-0.39, 0.29) is 19.1 Å². The third-order valence-electron chi connectivity index (χ3n) is 5.40. The van der Waals surface area contributed by atoms with Gasteiger partial charge >= 0.3 is 0 Å². The molecule has 0 bridgehead atoms. The summed E-state index contributed by atoms with van der Waals surface area (Å²) >= 11 is 1.36. The van der Waals surface area contributed by atoms with Crippen LogP contribution in [0.1, 0.15) is 15.9 Å². The molecule has 4 aromatic rings. The third-order valence-corrected chi connectivity index (χ3v) is 6.50. The maximum Gasteiger partial charge on any atom is 0.251 e. The molecule has 0 aliphatic carbocycles. The highest BCUT2D eigenvalue weighted by atomic mass is 32.1. The van der Waals surface area contributed by atoms with E-state index in [9.17, 15) is 14.3 Å². The summed E-state index contributed by atoms with van der Waals surface area (Å²) in [6.07, 6.45) is 1.72. The van der Waals surface area contributed by atoms with Crippen molar-refractivity contribution in [2.45, 2.75) is 5.67 Å². The molecule has 1 aliphatic rings. The molecular weight excluding hydrogens is 419 g/mol. The van der Waals surface area contributed by atoms with Crippen LogP contribution in [0.25, 0.3) is 21.3 Å². The zero-order valence-corrected chi connectivity index (χ0v) is 17.4. The molecule has 3 aromatic heterocycles. The molecular formula is C22H19FN4O3S. The lowest BCUT2D eigenvalue weighted by molar-refractivity contribution is -0.135. The van der Waals surface area contributed by atoms with Gasteiger partial charge in [-0.2, -0.15) is 0 Å². The summed E-state index contributed by atoms with van der Waals surface area (Å²) in [6.45, 7) is 0.142. The van der Waals surface area contributed by atoms with Gasteiger partial charge in [0.05, 0.1) is 29.7 Å². The number of aromatic nitrogens is 2. The van der Waals surface area contributed by atoms with Gasteiger partial charge in [0.2, 0.25) is 0 Å². The Morgan fingerprint density at radius 2 is 2.03 bits per heavy atom. The summed E-state index contributed by atoms with van der Waals surface area (Å²) in [4.78, 5) is 17.3. The molecule has 9 heteroatoms.